The Kier molecular flexibility index (Phi) is 5.29. The topological polar surface area (TPSA) is 47.5 Å². The van der Waals surface area contributed by atoms with Crippen molar-refractivity contribution in [2.45, 2.75) is 51.0 Å². The molecule has 2 aromatic rings. The summed E-state index contributed by atoms with van der Waals surface area (Å²) >= 11 is 0. The van der Waals surface area contributed by atoms with Crippen LogP contribution in [-0.4, -0.2) is 46.3 Å². The number of ether oxygens (including phenoxy) is 2. The number of hydrogen-bond acceptors (Lipinski definition) is 5. The van der Waals surface area contributed by atoms with E-state index in [0.29, 0.717) is 13.2 Å². The molecule has 2 atom stereocenters. The molecule has 2 aromatic heterocycles. The van der Waals surface area contributed by atoms with Crippen molar-refractivity contribution in [1.29, 1.82) is 0 Å². The molecule has 0 bridgehead atoms. The van der Waals surface area contributed by atoms with Crippen LogP contribution < -0.4 is 0 Å². The fraction of sp³-hybridized carbons (Fsp3) is 0.524. The largest absolute Gasteiger partial charge is 0.371 e. The van der Waals surface area contributed by atoms with Crippen LogP contribution in [0.1, 0.15) is 36.2 Å². The summed E-state index contributed by atoms with van der Waals surface area (Å²) in [5.74, 6) is 0. The Morgan fingerprint density at radius 1 is 1.27 bits per heavy atom. The van der Waals surface area contributed by atoms with Crippen LogP contribution in [0, 0.1) is 6.92 Å². The van der Waals surface area contributed by atoms with E-state index in [-0.39, 0.29) is 11.7 Å². The van der Waals surface area contributed by atoms with Crippen LogP contribution >= 0.6 is 0 Å². The lowest BCUT2D eigenvalue weighted by atomic mass is 9.89. The highest BCUT2D eigenvalue weighted by Crippen LogP contribution is 2.36. The molecule has 2 fully saturated rings. The number of piperidine rings is 1. The second kappa shape index (κ2) is 7.82. The van der Waals surface area contributed by atoms with Crippen molar-refractivity contribution in [3.8, 4) is 0 Å². The lowest BCUT2D eigenvalue weighted by Crippen LogP contribution is -2.47. The Morgan fingerprint density at radius 3 is 3.00 bits per heavy atom. The molecule has 4 heterocycles. The minimum atomic E-state index is -0.0506. The van der Waals surface area contributed by atoms with Gasteiger partial charge < -0.3 is 9.47 Å². The van der Waals surface area contributed by atoms with Gasteiger partial charge in [0.25, 0.3) is 0 Å². The van der Waals surface area contributed by atoms with Crippen LogP contribution in [0.25, 0.3) is 0 Å². The van der Waals surface area contributed by atoms with Crippen LogP contribution in [0.15, 0.2) is 42.7 Å². The van der Waals surface area contributed by atoms with Gasteiger partial charge in [-0.05, 0) is 56.1 Å². The van der Waals surface area contributed by atoms with Crippen LogP contribution in [0.5, 0.6) is 0 Å². The Morgan fingerprint density at radius 2 is 2.15 bits per heavy atom. The summed E-state index contributed by atoms with van der Waals surface area (Å²) in [6, 6.07) is 10.3. The zero-order chi connectivity index (χ0) is 17.8. The second-order valence-electron chi connectivity index (χ2n) is 7.57. The van der Waals surface area contributed by atoms with Crippen LogP contribution in [0.4, 0.5) is 0 Å². The minimum absolute atomic E-state index is 0.0506. The Labute approximate surface area is 155 Å². The maximum atomic E-state index is 6.27. The molecule has 0 aliphatic carbocycles. The normalized spacial score (nSPS) is 26.4. The van der Waals surface area contributed by atoms with E-state index in [1.165, 1.54) is 6.42 Å². The van der Waals surface area contributed by atoms with Gasteiger partial charge in [0.15, 0.2) is 0 Å². The molecule has 0 radical (unpaired) electrons. The zero-order valence-corrected chi connectivity index (χ0v) is 15.4. The van der Waals surface area contributed by atoms with E-state index in [2.05, 4.69) is 27.0 Å². The first-order valence-corrected chi connectivity index (χ1v) is 9.50. The summed E-state index contributed by atoms with van der Waals surface area (Å²) < 4.78 is 12.4. The van der Waals surface area contributed by atoms with Crippen LogP contribution in [0.3, 0.4) is 0 Å². The third-order valence-corrected chi connectivity index (χ3v) is 5.36. The first-order chi connectivity index (χ1) is 12.7. The standard InChI is InChI=1S/C21H27N3O2/c1-17-4-2-5-19(23-17)13-24-11-3-8-21(16-24)12-20(15-26-21)25-14-18-6-9-22-10-7-18/h2,4-7,9-10,20H,3,8,11-16H2,1H3/t20-,21-/m0/s1. The maximum absolute atomic E-state index is 6.27. The molecular weight excluding hydrogens is 326 g/mol. The third-order valence-electron chi connectivity index (χ3n) is 5.36. The van der Waals surface area contributed by atoms with Crippen molar-refractivity contribution in [3.05, 3.63) is 59.7 Å². The number of likely N-dealkylation sites (tertiary alicyclic amines) is 1. The SMILES string of the molecule is Cc1cccc(CN2CCC[C@]3(C[C@H](OCc4ccncc4)CO3)C2)n1. The Balaban J connectivity index is 1.32. The van der Waals surface area contributed by atoms with Gasteiger partial charge in [0.2, 0.25) is 0 Å². The molecule has 2 aliphatic heterocycles. The van der Waals surface area contributed by atoms with Crippen molar-refractivity contribution in [2.75, 3.05) is 19.7 Å². The molecule has 2 aliphatic rings. The predicted octanol–water partition coefficient (Wildman–Crippen LogP) is 3.13. The number of aromatic nitrogens is 2. The van der Waals surface area contributed by atoms with E-state index < -0.39 is 0 Å². The highest BCUT2D eigenvalue weighted by molar-refractivity contribution is 5.11. The van der Waals surface area contributed by atoms with Gasteiger partial charge in [0.1, 0.15) is 0 Å². The van der Waals surface area contributed by atoms with Gasteiger partial charge in [-0.25, -0.2) is 0 Å². The van der Waals surface area contributed by atoms with Gasteiger partial charge in [-0.15, -0.1) is 0 Å². The highest BCUT2D eigenvalue weighted by Gasteiger charge is 2.43. The fourth-order valence-corrected chi connectivity index (χ4v) is 4.13. The summed E-state index contributed by atoms with van der Waals surface area (Å²) in [4.78, 5) is 11.2. The van der Waals surface area contributed by atoms with Gasteiger partial charge in [-0.3, -0.25) is 14.9 Å². The summed E-state index contributed by atoms with van der Waals surface area (Å²) in [6.45, 7) is 6.35. The van der Waals surface area contributed by atoms with Crippen LogP contribution in [-0.2, 0) is 22.6 Å². The number of aryl methyl sites for hydroxylation is 1. The van der Waals surface area contributed by atoms with Crippen molar-refractivity contribution < 1.29 is 9.47 Å². The van der Waals surface area contributed by atoms with Gasteiger partial charge in [0.05, 0.1) is 30.6 Å². The average molecular weight is 353 g/mol. The molecule has 0 unspecified atom stereocenters. The molecule has 0 amide bonds. The van der Waals surface area contributed by atoms with Crippen molar-refractivity contribution >= 4 is 0 Å². The molecule has 0 aromatic carbocycles. The molecule has 1 spiro atoms. The summed E-state index contributed by atoms with van der Waals surface area (Å²) in [5.41, 5.74) is 3.34. The molecular formula is C21H27N3O2. The molecule has 4 rings (SSSR count). The van der Waals surface area contributed by atoms with E-state index in [1.54, 1.807) is 0 Å². The number of hydrogen-bond donors (Lipinski definition) is 0. The van der Waals surface area contributed by atoms with Gasteiger partial charge in [-0.2, -0.15) is 0 Å². The van der Waals surface area contributed by atoms with E-state index >= 15 is 0 Å². The number of rotatable bonds is 5. The fourth-order valence-electron chi connectivity index (χ4n) is 4.13. The molecule has 26 heavy (non-hydrogen) atoms. The van der Waals surface area contributed by atoms with E-state index in [4.69, 9.17) is 9.47 Å². The molecule has 138 valence electrons. The molecule has 0 saturated carbocycles. The van der Waals surface area contributed by atoms with Gasteiger partial charge >= 0.3 is 0 Å². The zero-order valence-electron chi connectivity index (χ0n) is 15.4. The molecule has 5 heteroatoms. The molecule has 2 saturated heterocycles. The lowest BCUT2D eigenvalue weighted by Gasteiger charge is -2.39. The average Bonchev–Trinajstić information content (AvgIpc) is 3.03. The maximum Gasteiger partial charge on any atom is 0.0841 e. The van der Waals surface area contributed by atoms with E-state index in [1.807, 2.05) is 37.5 Å². The highest BCUT2D eigenvalue weighted by atomic mass is 16.6. The van der Waals surface area contributed by atoms with Gasteiger partial charge in [-0.1, -0.05) is 6.07 Å². The quantitative estimate of drug-likeness (QED) is 0.826. The monoisotopic (exact) mass is 353 g/mol. The molecule has 5 nitrogen and oxygen atoms in total. The summed E-state index contributed by atoms with van der Waals surface area (Å²) in [5, 5.41) is 0. The molecule has 0 N–H and O–H groups in total. The van der Waals surface area contributed by atoms with E-state index in [0.717, 1.165) is 49.4 Å². The minimum Gasteiger partial charge on any atom is -0.371 e. The second-order valence-corrected chi connectivity index (χ2v) is 7.57. The van der Waals surface area contributed by atoms with Crippen molar-refractivity contribution in [2.24, 2.45) is 0 Å². The Bertz CT molecular complexity index is 724. The smallest absolute Gasteiger partial charge is 0.0841 e. The van der Waals surface area contributed by atoms with Gasteiger partial charge in [0, 0.05) is 37.6 Å². The summed E-state index contributed by atoms with van der Waals surface area (Å²) in [7, 11) is 0. The number of nitrogens with zero attached hydrogens (tertiary/aromatic N) is 3. The lowest BCUT2D eigenvalue weighted by molar-refractivity contribution is -0.0550. The predicted molar refractivity (Wildman–Crippen MR) is 99.6 cm³/mol. The third kappa shape index (κ3) is 4.29. The van der Waals surface area contributed by atoms with Crippen LogP contribution in [0.2, 0.25) is 0 Å². The van der Waals surface area contributed by atoms with Crippen molar-refractivity contribution in [1.82, 2.24) is 14.9 Å². The van der Waals surface area contributed by atoms with Crippen molar-refractivity contribution in [3.63, 3.8) is 0 Å². The summed E-state index contributed by atoms with van der Waals surface area (Å²) in [6.07, 6.45) is 7.08. The first kappa shape index (κ1) is 17.6. The first-order valence-electron chi connectivity index (χ1n) is 9.50. The Hall–Kier alpha value is -1.82. The van der Waals surface area contributed by atoms with E-state index in [9.17, 15) is 0 Å². The number of pyridine rings is 2.